The van der Waals surface area contributed by atoms with Gasteiger partial charge in [0.15, 0.2) is 6.61 Å². The molecule has 19 heavy (non-hydrogen) atoms. The van der Waals surface area contributed by atoms with Gasteiger partial charge in [-0.2, -0.15) is 0 Å². The third-order valence-electron chi connectivity index (χ3n) is 2.35. The van der Waals surface area contributed by atoms with E-state index in [-0.39, 0.29) is 12.5 Å². The van der Waals surface area contributed by atoms with Crippen LogP contribution in [0.15, 0.2) is 18.3 Å². The molecule has 1 amide bonds. The van der Waals surface area contributed by atoms with Crippen molar-refractivity contribution >= 4 is 5.91 Å². The van der Waals surface area contributed by atoms with Crippen molar-refractivity contribution < 1.29 is 14.3 Å². The molecule has 0 aromatic carbocycles. The lowest BCUT2D eigenvalue weighted by molar-refractivity contribution is -0.123. The van der Waals surface area contributed by atoms with Crippen LogP contribution in [-0.4, -0.2) is 44.3 Å². The number of pyridine rings is 1. The van der Waals surface area contributed by atoms with E-state index < -0.39 is 0 Å². The van der Waals surface area contributed by atoms with Crippen LogP contribution in [0, 0.1) is 0 Å². The second-order valence-corrected chi connectivity index (χ2v) is 3.90. The highest BCUT2D eigenvalue weighted by Gasteiger charge is 2.02. The van der Waals surface area contributed by atoms with Crippen molar-refractivity contribution in [3.05, 3.63) is 24.0 Å². The summed E-state index contributed by atoms with van der Waals surface area (Å²) in [5.41, 5.74) is 0.943. The number of ether oxygens (including phenoxy) is 2. The van der Waals surface area contributed by atoms with Crippen LogP contribution in [0.2, 0.25) is 0 Å². The van der Waals surface area contributed by atoms with Crippen molar-refractivity contribution in [2.75, 3.05) is 33.4 Å². The van der Waals surface area contributed by atoms with Gasteiger partial charge in [-0.15, -0.1) is 0 Å². The van der Waals surface area contributed by atoms with Crippen molar-refractivity contribution in [3.63, 3.8) is 0 Å². The summed E-state index contributed by atoms with van der Waals surface area (Å²) in [4.78, 5) is 15.6. The number of aromatic nitrogens is 1. The van der Waals surface area contributed by atoms with Gasteiger partial charge in [-0.1, -0.05) is 6.92 Å². The van der Waals surface area contributed by atoms with E-state index in [2.05, 4.69) is 15.6 Å². The average Bonchev–Trinajstić information content (AvgIpc) is 2.44. The molecule has 1 rings (SSSR count). The normalized spacial score (nSPS) is 10.2. The van der Waals surface area contributed by atoms with E-state index in [1.807, 2.05) is 19.1 Å². The Kier molecular flexibility index (Phi) is 7.53. The molecule has 0 spiro atoms. The lowest BCUT2D eigenvalue weighted by atomic mass is 10.3. The fraction of sp³-hybridized carbons (Fsp3) is 0.538. The van der Waals surface area contributed by atoms with Crippen LogP contribution in [0.1, 0.15) is 12.6 Å². The molecule has 0 radical (unpaired) electrons. The molecule has 0 fully saturated rings. The van der Waals surface area contributed by atoms with Gasteiger partial charge < -0.3 is 20.1 Å². The van der Waals surface area contributed by atoms with Gasteiger partial charge in [-0.05, 0) is 18.7 Å². The van der Waals surface area contributed by atoms with Crippen LogP contribution in [0.25, 0.3) is 0 Å². The third kappa shape index (κ3) is 6.73. The molecule has 2 N–H and O–H groups in total. The molecule has 0 bridgehead atoms. The number of amides is 1. The first kappa shape index (κ1) is 15.4. The number of methoxy groups -OCH3 is 1. The van der Waals surface area contributed by atoms with E-state index in [0.717, 1.165) is 18.8 Å². The molecule has 0 aliphatic heterocycles. The minimum atomic E-state index is -0.172. The smallest absolute Gasteiger partial charge is 0.258 e. The molecular formula is C13H21N3O3. The van der Waals surface area contributed by atoms with Crippen molar-refractivity contribution in [2.24, 2.45) is 0 Å². The molecule has 0 atom stereocenters. The van der Waals surface area contributed by atoms with Gasteiger partial charge in [-0.25, -0.2) is 0 Å². The van der Waals surface area contributed by atoms with Crippen LogP contribution >= 0.6 is 0 Å². The first-order valence-corrected chi connectivity index (χ1v) is 6.30. The minimum Gasteiger partial charge on any atom is -0.482 e. The van der Waals surface area contributed by atoms with Crippen LogP contribution < -0.4 is 15.4 Å². The Morgan fingerprint density at radius 1 is 1.42 bits per heavy atom. The van der Waals surface area contributed by atoms with E-state index >= 15 is 0 Å². The van der Waals surface area contributed by atoms with Crippen LogP contribution in [0.3, 0.4) is 0 Å². The van der Waals surface area contributed by atoms with Gasteiger partial charge in [-0.3, -0.25) is 9.78 Å². The predicted octanol–water partition coefficient (Wildman–Crippen LogP) is 0.333. The summed E-state index contributed by atoms with van der Waals surface area (Å²) in [5.74, 6) is 0.413. The molecule has 0 saturated heterocycles. The Morgan fingerprint density at radius 2 is 2.26 bits per heavy atom. The molecule has 6 nitrogen and oxygen atoms in total. The summed E-state index contributed by atoms with van der Waals surface area (Å²) < 4.78 is 10.2. The highest BCUT2D eigenvalue weighted by molar-refractivity contribution is 5.77. The van der Waals surface area contributed by atoms with Crippen molar-refractivity contribution in [2.45, 2.75) is 13.5 Å². The monoisotopic (exact) mass is 267 g/mol. The fourth-order valence-electron chi connectivity index (χ4n) is 1.35. The van der Waals surface area contributed by atoms with Gasteiger partial charge in [0.25, 0.3) is 5.91 Å². The first-order chi connectivity index (χ1) is 9.26. The Balaban J connectivity index is 2.27. The highest BCUT2D eigenvalue weighted by atomic mass is 16.5. The number of nitrogens with one attached hydrogen (secondary N) is 2. The van der Waals surface area contributed by atoms with Crippen molar-refractivity contribution in [1.82, 2.24) is 15.6 Å². The molecule has 0 saturated carbocycles. The maximum Gasteiger partial charge on any atom is 0.258 e. The van der Waals surface area contributed by atoms with Gasteiger partial charge in [0.2, 0.25) is 0 Å². The van der Waals surface area contributed by atoms with Crippen LogP contribution in [-0.2, 0) is 16.1 Å². The standard InChI is InChI=1S/C13H21N3O3/c1-3-14-8-11-4-5-12(9-16-11)19-10-13(17)15-6-7-18-2/h4-5,9,14H,3,6-8,10H2,1-2H3,(H,15,17). The van der Waals surface area contributed by atoms with E-state index in [1.54, 1.807) is 13.3 Å². The van der Waals surface area contributed by atoms with E-state index in [1.165, 1.54) is 0 Å². The number of carbonyl (C=O) groups is 1. The zero-order chi connectivity index (χ0) is 13.9. The Labute approximate surface area is 113 Å². The Bertz CT molecular complexity index is 368. The maximum absolute atomic E-state index is 11.4. The lowest BCUT2D eigenvalue weighted by Crippen LogP contribution is -2.31. The number of carbonyl (C=O) groups excluding carboxylic acids is 1. The number of nitrogens with zero attached hydrogens (tertiary/aromatic N) is 1. The second-order valence-electron chi connectivity index (χ2n) is 3.90. The quantitative estimate of drug-likeness (QED) is 0.631. The second kappa shape index (κ2) is 9.29. The summed E-state index contributed by atoms with van der Waals surface area (Å²) in [5, 5.41) is 5.86. The highest BCUT2D eigenvalue weighted by Crippen LogP contribution is 2.08. The summed E-state index contributed by atoms with van der Waals surface area (Å²) in [6.45, 7) is 4.64. The van der Waals surface area contributed by atoms with Gasteiger partial charge in [0, 0.05) is 20.2 Å². The first-order valence-electron chi connectivity index (χ1n) is 6.30. The summed E-state index contributed by atoms with van der Waals surface area (Å²) in [6, 6.07) is 3.68. The summed E-state index contributed by atoms with van der Waals surface area (Å²) in [6.07, 6.45) is 1.62. The molecular weight excluding hydrogens is 246 g/mol. The maximum atomic E-state index is 11.4. The average molecular weight is 267 g/mol. The van der Waals surface area contributed by atoms with E-state index in [0.29, 0.717) is 18.9 Å². The van der Waals surface area contributed by atoms with Crippen molar-refractivity contribution in [1.29, 1.82) is 0 Å². The molecule has 1 aromatic rings. The van der Waals surface area contributed by atoms with Crippen LogP contribution in [0.5, 0.6) is 5.75 Å². The molecule has 1 heterocycles. The number of hydrogen-bond donors (Lipinski definition) is 2. The summed E-state index contributed by atoms with van der Waals surface area (Å²) >= 11 is 0. The predicted molar refractivity (Wildman–Crippen MR) is 72.0 cm³/mol. The molecule has 0 unspecified atom stereocenters. The van der Waals surface area contributed by atoms with Crippen LogP contribution in [0.4, 0.5) is 0 Å². The molecule has 0 aliphatic carbocycles. The Hall–Kier alpha value is -1.66. The minimum absolute atomic E-state index is 0.0159. The molecule has 106 valence electrons. The van der Waals surface area contributed by atoms with E-state index in [9.17, 15) is 4.79 Å². The lowest BCUT2D eigenvalue weighted by Gasteiger charge is -2.07. The largest absolute Gasteiger partial charge is 0.482 e. The Morgan fingerprint density at radius 3 is 2.89 bits per heavy atom. The van der Waals surface area contributed by atoms with Gasteiger partial charge >= 0.3 is 0 Å². The third-order valence-corrected chi connectivity index (χ3v) is 2.35. The molecule has 0 aliphatic rings. The molecule has 6 heteroatoms. The van der Waals surface area contributed by atoms with Gasteiger partial charge in [0.05, 0.1) is 18.5 Å². The number of rotatable bonds is 9. The zero-order valence-electron chi connectivity index (χ0n) is 11.4. The molecule has 1 aromatic heterocycles. The SMILES string of the molecule is CCNCc1ccc(OCC(=O)NCCOC)cn1. The number of hydrogen-bond acceptors (Lipinski definition) is 5. The topological polar surface area (TPSA) is 72.5 Å². The van der Waals surface area contributed by atoms with Gasteiger partial charge in [0.1, 0.15) is 5.75 Å². The van der Waals surface area contributed by atoms with E-state index in [4.69, 9.17) is 9.47 Å². The zero-order valence-corrected chi connectivity index (χ0v) is 11.4. The fourth-order valence-corrected chi connectivity index (χ4v) is 1.35. The van der Waals surface area contributed by atoms with Crippen molar-refractivity contribution in [3.8, 4) is 5.75 Å². The summed E-state index contributed by atoms with van der Waals surface area (Å²) in [7, 11) is 1.59.